The highest BCUT2D eigenvalue weighted by Crippen LogP contribution is 2.17. The molecule has 0 bridgehead atoms. The zero-order chi connectivity index (χ0) is 8.43. The molecule has 0 spiro atoms. The summed E-state index contributed by atoms with van der Waals surface area (Å²) >= 11 is 0. The lowest BCUT2D eigenvalue weighted by Crippen LogP contribution is -2.52. The zero-order valence-corrected chi connectivity index (χ0v) is 7.88. The van der Waals surface area contributed by atoms with E-state index >= 15 is 0 Å². The predicted octanol–water partition coefficient (Wildman–Crippen LogP) is 1.06. The lowest BCUT2D eigenvalue weighted by atomic mass is 9.99. The molecule has 1 saturated heterocycles. The van der Waals surface area contributed by atoms with Crippen LogP contribution in [0.2, 0.25) is 0 Å². The molecule has 0 aromatic carbocycles. The van der Waals surface area contributed by atoms with E-state index in [0.717, 1.165) is 12.6 Å². The molecule has 0 aromatic heterocycles. The minimum Gasteiger partial charge on any atom is -0.326 e. The van der Waals surface area contributed by atoms with E-state index < -0.39 is 0 Å². The van der Waals surface area contributed by atoms with Crippen LogP contribution in [-0.2, 0) is 0 Å². The van der Waals surface area contributed by atoms with Gasteiger partial charge in [-0.3, -0.25) is 4.90 Å². The van der Waals surface area contributed by atoms with Crippen LogP contribution in [0.1, 0.15) is 27.2 Å². The fourth-order valence-corrected chi connectivity index (χ4v) is 1.32. The van der Waals surface area contributed by atoms with Crippen LogP contribution >= 0.6 is 0 Å². The van der Waals surface area contributed by atoms with Crippen molar-refractivity contribution in [2.75, 3.05) is 13.1 Å². The van der Waals surface area contributed by atoms with E-state index in [1.165, 1.54) is 13.0 Å². The lowest BCUT2D eigenvalue weighted by Gasteiger charge is -2.40. The summed E-state index contributed by atoms with van der Waals surface area (Å²) in [6, 6.07) is 1.14. The van der Waals surface area contributed by atoms with E-state index in [2.05, 4.69) is 25.7 Å². The molecule has 2 N–H and O–H groups in total. The monoisotopic (exact) mass is 156 g/mol. The molecule has 11 heavy (non-hydrogen) atoms. The van der Waals surface area contributed by atoms with Gasteiger partial charge < -0.3 is 5.73 Å². The molecule has 66 valence electrons. The van der Waals surface area contributed by atoms with Gasteiger partial charge in [0.25, 0.3) is 0 Å². The van der Waals surface area contributed by atoms with E-state index in [1.54, 1.807) is 0 Å². The topological polar surface area (TPSA) is 29.3 Å². The molecule has 1 heterocycles. The molecule has 0 amide bonds. The lowest BCUT2D eigenvalue weighted by molar-refractivity contribution is 0.0903. The Balaban J connectivity index is 2.19. The van der Waals surface area contributed by atoms with Crippen LogP contribution in [0.25, 0.3) is 0 Å². The van der Waals surface area contributed by atoms with Crippen molar-refractivity contribution in [2.24, 2.45) is 11.7 Å². The van der Waals surface area contributed by atoms with Gasteiger partial charge in [0.15, 0.2) is 0 Å². The molecule has 0 aromatic rings. The molecule has 0 radical (unpaired) electrons. The van der Waals surface area contributed by atoms with Crippen LogP contribution in [0.3, 0.4) is 0 Å². The van der Waals surface area contributed by atoms with Gasteiger partial charge in [0.1, 0.15) is 0 Å². The number of nitrogens with two attached hydrogens (primary N) is 1. The number of likely N-dealkylation sites (tertiary alicyclic amines) is 1. The molecule has 2 unspecified atom stereocenters. The minimum absolute atomic E-state index is 0.359. The molecule has 1 rings (SSSR count). The Morgan fingerprint density at radius 2 is 2.18 bits per heavy atom. The predicted molar refractivity (Wildman–Crippen MR) is 48.5 cm³/mol. The molecular formula is C9H20N2. The van der Waals surface area contributed by atoms with Gasteiger partial charge in [-0.1, -0.05) is 13.8 Å². The second-order valence-corrected chi connectivity index (χ2v) is 4.04. The van der Waals surface area contributed by atoms with Gasteiger partial charge in [0, 0.05) is 18.6 Å². The summed E-state index contributed by atoms with van der Waals surface area (Å²) in [5.74, 6) is 0.614. The maximum atomic E-state index is 5.95. The number of hydrogen-bond donors (Lipinski definition) is 1. The average Bonchev–Trinajstić information content (AvgIpc) is 1.96. The van der Waals surface area contributed by atoms with Gasteiger partial charge in [-0.05, 0) is 25.8 Å². The summed E-state index contributed by atoms with van der Waals surface area (Å²) in [6.07, 6.45) is 1.35. The van der Waals surface area contributed by atoms with E-state index in [4.69, 9.17) is 5.73 Å². The van der Waals surface area contributed by atoms with Gasteiger partial charge in [0.2, 0.25) is 0 Å². The molecule has 2 nitrogen and oxygen atoms in total. The van der Waals surface area contributed by atoms with Crippen LogP contribution in [0.4, 0.5) is 0 Å². The normalized spacial score (nSPS) is 28.6. The van der Waals surface area contributed by atoms with Crippen LogP contribution < -0.4 is 5.73 Å². The summed E-state index contributed by atoms with van der Waals surface area (Å²) < 4.78 is 0. The quantitative estimate of drug-likeness (QED) is 0.662. The van der Waals surface area contributed by atoms with Crippen molar-refractivity contribution in [3.05, 3.63) is 0 Å². The zero-order valence-electron chi connectivity index (χ0n) is 7.88. The van der Waals surface area contributed by atoms with E-state index in [9.17, 15) is 0 Å². The van der Waals surface area contributed by atoms with E-state index in [0.29, 0.717) is 12.0 Å². The molecule has 1 aliphatic rings. The fourth-order valence-electron chi connectivity index (χ4n) is 1.32. The first-order valence-electron chi connectivity index (χ1n) is 4.61. The highest BCUT2D eigenvalue weighted by Gasteiger charge is 2.25. The number of rotatable bonds is 3. The largest absolute Gasteiger partial charge is 0.326 e. The first-order chi connectivity index (χ1) is 5.11. The average molecular weight is 156 g/mol. The van der Waals surface area contributed by atoms with Gasteiger partial charge in [-0.15, -0.1) is 0 Å². The van der Waals surface area contributed by atoms with Gasteiger partial charge >= 0.3 is 0 Å². The van der Waals surface area contributed by atoms with Crippen LogP contribution in [0.15, 0.2) is 0 Å². The summed E-state index contributed by atoms with van der Waals surface area (Å²) in [7, 11) is 0. The van der Waals surface area contributed by atoms with Crippen molar-refractivity contribution < 1.29 is 0 Å². The van der Waals surface area contributed by atoms with Crippen LogP contribution in [0, 0.1) is 5.92 Å². The van der Waals surface area contributed by atoms with Gasteiger partial charge in [0.05, 0.1) is 0 Å². The first kappa shape index (κ1) is 9.01. The minimum atomic E-state index is 0.359. The third kappa shape index (κ3) is 2.17. The molecular weight excluding hydrogens is 136 g/mol. The molecule has 2 heteroatoms. The summed E-state index contributed by atoms with van der Waals surface area (Å²) in [5.41, 5.74) is 5.95. The maximum Gasteiger partial charge on any atom is 0.0191 e. The number of hydrogen-bond acceptors (Lipinski definition) is 2. The SMILES string of the molecule is CC(C)C(N)CN1CCC1C. The Bertz CT molecular complexity index is 118. The van der Waals surface area contributed by atoms with Crippen LogP contribution in [-0.4, -0.2) is 30.1 Å². The van der Waals surface area contributed by atoms with Crippen molar-refractivity contribution >= 4 is 0 Å². The van der Waals surface area contributed by atoms with Crippen molar-refractivity contribution in [2.45, 2.75) is 39.3 Å². The van der Waals surface area contributed by atoms with Crippen LogP contribution in [0.5, 0.6) is 0 Å². The van der Waals surface area contributed by atoms with E-state index in [-0.39, 0.29) is 0 Å². The third-order valence-electron chi connectivity index (χ3n) is 2.76. The molecule has 1 aliphatic heterocycles. The third-order valence-corrected chi connectivity index (χ3v) is 2.76. The Kier molecular flexibility index (Phi) is 2.90. The molecule has 0 saturated carbocycles. The molecule has 2 atom stereocenters. The highest BCUT2D eigenvalue weighted by molar-refractivity contribution is 4.82. The summed E-state index contributed by atoms with van der Waals surface area (Å²) in [4.78, 5) is 2.46. The number of nitrogens with zero attached hydrogens (tertiary/aromatic N) is 1. The smallest absolute Gasteiger partial charge is 0.0191 e. The molecule has 1 fully saturated rings. The Hall–Kier alpha value is -0.0800. The van der Waals surface area contributed by atoms with Gasteiger partial charge in [-0.2, -0.15) is 0 Å². The van der Waals surface area contributed by atoms with Crippen molar-refractivity contribution in [3.63, 3.8) is 0 Å². The van der Waals surface area contributed by atoms with Crippen molar-refractivity contribution in [1.82, 2.24) is 4.90 Å². The van der Waals surface area contributed by atoms with Gasteiger partial charge in [-0.25, -0.2) is 0 Å². The van der Waals surface area contributed by atoms with Crippen molar-refractivity contribution in [3.8, 4) is 0 Å². The van der Waals surface area contributed by atoms with Crippen molar-refractivity contribution in [1.29, 1.82) is 0 Å². The fraction of sp³-hybridized carbons (Fsp3) is 1.00. The first-order valence-corrected chi connectivity index (χ1v) is 4.61. The molecule has 0 aliphatic carbocycles. The Labute approximate surface area is 69.8 Å². The second kappa shape index (κ2) is 3.55. The maximum absolute atomic E-state index is 5.95. The highest BCUT2D eigenvalue weighted by atomic mass is 15.2. The summed E-state index contributed by atoms with van der Waals surface area (Å²) in [5, 5.41) is 0. The van der Waals surface area contributed by atoms with E-state index in [1.807, 2.05) is 0 Å². The second-order valence-electron chi connectivity index (χ2n) is 4.04. The Morgan fingerprint density at radius 3 is 2.45 bits per heavy atom. The Morgan fingerprint density at radius 1 is 1.55 bits per heavy atom. The summed E-state index contributed by atoms with van der Waals surface area (Å²) in [6.45, 7) is 8.99. The standard InChI is InChI=1S/C9H20N2/c1-7(2)9(10)6-11-5-4-8(11)3/h7-9H,4-6,10H2,1-3H3.